The van der Waals surface area contributed by atoms with Crippen LogP contribution in [0.25, 0.3) is 11.4 Å². The smallest absolute Gasteiger partial charge is 0.205 e. The van der Waals surface area contributed by atoms with Crippen LogP contribution in [0.2, 0.25) is 0 Å². The maximum atomic E-state index is 2.39. The Morgan fingerprint density at radius 1 is 0.897 bits per heavy atom. The van der Waals surface area contributed by atoms with Crippen LogP contribution < -0.4 is 4.57 Å². The van der Waals surface area contributed by atoms with Gasteiger partial charge in [-0.05, 0) is 35.7 Å². The molecule has 1 unspecified atom stereocenters. The molecule has 2 aromatic rings. The van der Waals surface area contributed by atoms with Crippen LogP contribution in [0.4, 0.5) is 0 Å². The van der Waals surface area contributed by atoms with Crippen molar-refractivity contribution in [1.82, 2.24) is 4.57 Å². The maximum absolute atomic E-state index is 2.39. The highest BCUT2D eigenvalue weighted by atomic mass is 15.1. The summed E-state index contributed by atoms with van der Waals surface area (Å²) in [5.41, 5.74) is 7.14. The number of benzene rings is 1. The van der Waals surface area contributed by atoms with Gasteiger partial charge in [-0.25, -0.2) is 9.13 Å². The Bertz CT molecular complexity index is 880. The lowest BCUT2D eigenvalue weighted by atomic mass is 9.81. The van der Waals surface area contributed by atoms with Gasteiger partial charge in [-0.15, -0.1) is 0 Å². The van der Waals surface area contributed by atoms with E-state index in [4.69, 9.17) is 0 Å². The van der Waals surface area contributed by atoms with Crippen molar-refractivity contribution in [2.24, 2.45) is 17.8 Å². The van der Waals surface area contributed by atoms with E-state index < -0.39 is 0 Å². The monoisotopic (exact) mass is 391 g/mol. The number of aromatic nitrogens is 2. The van der Waals surface area contributed by atoms with Crippen molar-refractivity contribution in [1.29, 1.82) is 0 Å². The van der Waals surface area contributed by atoms with Crippen LogP contribution in [0.3, 0.4) is 0 Å². The van der Waals surface area contributed by atoms with E-state index in [-0.39, 0.29) is 0 Å². The molecule has 0 amide bonds. The number of rotatable bonds is 6. The van der Waals surface area contributed by atoms with Crippen LogP contribution in [0.5, 0.6) is 0 Å². The van der Waals surface area contributed by atoms with Crippen LogP contribution in [-0.4, -0.2) is 4.57 Å². The molecule has 0 radical (unpaired) electrons. The SMILES string of the molecule is CC(C)C1=C(n2cc[n+](-c3c(C(C)C)cccc3C(C)C)c2)C(C(C)C)CC=C1. The molecule has 1 aliphatic rings. The summed E-state index contributed by atoms with van der Waals surface area (Å²) in [5.74, 6) is 2.68. The zero-order chi connectivity index (χ0) is 21.3. The summed E-state index contributed by atoms with van der Waals surface area (Å²) in [4.78, 5) is 0. The second kappa shape index (κ2) is 8.73. The molecular weight excluding hydrogens is 352 g/mol. The van der Waals surface area contributed by atoms with Crippen LogP contribution in [0.1, 0.15) is 84.8 Å². The first-order chi connectivity index (χ1) is 13.7. The number of imidazole rings is 1. The predicted octanol–water partition coefficient (Wildman–Crippen LogP) is 7.11. The fourth-order valence-electron chi connectivity index (χ4n) is 4.61. The van der Waals surface area contributed by atoms with E-state index in [1.807, 2.05) is 0 Å². The van der Waals surface area contributed by atoms with E-state index in [1.54, 1.807) is 0 Å². The Morgan fingerprint density at radius 2 is 1.52 bits per heavy atom. The van der Waals surface area contributed by atoms with Crippen LogP contribution in [0.15, 0.2) is 54.6 Å². The molecule has 0 fully saturated rings. The standard InChI is InChI=1S/C27H39N2/c1-18(2)22-11-9-12-23(19(3)4)26(22)28-15-16-29(17-28)27-24(20(5)6)13-10-14-25(27)21(7)8/h9-13,15-21,25H,14H2,1-8H3/q+1. The third-order valence-corrected chi connectivity index (χ3v) is 6.28. The molecule has 3 rings (SSSR count). The number of para-hydroxylation sites is 1. The van der Waals surface area contributed by atoms with Crippen molar-refractivity contribution in [2.75, 3.05) is 0 Å². The van der Waals surface area contributed by atoms with Gasteiger partial charge in [0.15, 0.2) is 0 Å². The van der Waals surface area contributed by atoms with Crippen LogP contribution in [0, 0.1) is 17.8 Å². The van der Waals surface area contributed by atoms with E-state index in [2.05, 4.69) is 114 Å². The number of hydrogen-bond acceptors (Lipinski definition) is 0. The van der Waals surface area contributed by atoms with Gasteiger partial charge in [-0.3, -0.25) is 0 Å². The molecule has 0 N–H and O–H groups in total. The summed E-state index contributed by atoms with van der Waals surface area (Å²) in [6.07, 6.45) is 12.7. The summed E-state index contributed by atoms with van der Waals surface area (Å²) in [6.45, 7) is 18.5. The summed E-state index contributed by atoms with van der Waals surface area (Å²) in [5, 5.41) is 0. The summed E-state index contributed by atoms with van der Waals surface area (Å²) in [7, 11) is 0. The molecule has 156 valence electrons. The first-order valence-corrected chi connectivity index (χ1v) is 11.4. The zero-order valence-electron chi connectivity index (χ0n) is 19.6. The first kappa shape index (κ1) is 21.6. The van der Waals surface area contributed by atoms with Crippen molar-refractivity contribution < 1.29 is 4.57 Å². The van der Waals surface area contributed by atoms with Crippen molar-refractivity contribution in [3.05, 3.63) is 65.8 Å². The Balaban J connectivity index is 2.18. The minimum atomic E-state index is 0.492. The largest absolute Gasteiger partial charge is 0.253 e. The second-order valence-electron chi connectivity index (χ2n) is 9.81. The normalized spacial score (nSPS) is 17.4. The van der Waals surface area contributed by atoms with Crippen molar-refractivity contribution in [3.8, 4) is 5.69 Å². The van der Waals surface area contributed by atoms with Crippen molar-refractivity contribution in [2.45, 2.75) is 73.6 Å². The molecule has 29 heavy (non-hydrogen) atoms. The lowest BCUT2D eigenvalue weighted by molar-refractivity contribution is -0.596. The maximum Gasteiger partial charge on any atom is 0.253 e. The molecule has 0 saturated carbocycles. The second-order valence-corrected chi connectivity index (χ2v) is 9.81. The fourth-order valence-corrected chi connectivity index (χ4v) is 4.61. The number of nitrogens with zero attached hydrogens (tertiary/aromatic N) is 2. The Labute approximate surface area is 178 Å². The quantitative estimate of drug-likeness (QED) is 0.464. The topological polar surface area (TPSA) is 8.81 Å². The summed E-state index contributed by atoms with van der Waals surface area (Å²) < 4.78 is 4.75. The zero-order valence-corrected chi connectivity index (χ0v) is 19.6. The van der Waals surface area contributed by atoms with Crippen molar-refractivity contribution in [3.63, 3.8) is 0 Å². The molecule has 1 aromatic carbocycles. The van der Waals surface area contributed by atoms with Gasteiger partial charge in [0.05, 0.1) is 0 Å². The molecule has 0 bridgehead atoms. The van der Waals surface area contributed by atoms with Gasteiger partial charge in [-0.2, -0.15) is 0 Å². The number of hydrogen-bond donors (Lipinski definition) is 0. The lowest BCUT2D eigenvalue weighted by Gasteiger charge is -2.27. The molecule has 1 atom stereocenters. The molecule has 0 saturated heterocycles. The first-order valence-electron chi connectivity index (χ1n) is 11.4. The van der Waals surface area contributed by atoms with Gasteiger partial charge in [0.25, 0.3) is 6.33 Å². The minimum absolute atomic E-state index is 0.492. The third kappa shape index (κ3) is 4.27. The molecule has 0 spiro atoms. The van der Waals surface area contributed by atoms with E-state index in [9.17, 15) is 0 Å². The fraction of sp³-hybridized carbons (Fsp3) is 0.519. The van der Waals surface area contributed by atoms with Gasteiger partial charge < -0.3 is 0 Å². The Hall–Kier alpha value is -2.09. The summed E-state index contributed by atoms with van der Waals surface area (Å²) >= 11 is 0. The average Bonchev–Trinajstić information content (AvgIpc) is 3.15. The highest BCUT2D eigenvalue weighted by Crippen LogP contribution is 2.37. The summed E-state index contributed by atoms with van der Waals surface area (Å²) in [6, 6.07) is 6.79. The van der Waals surface area contributed by atoms with E-state index in [0.717, 1.165) is 6.42 Å². The predicted molar refractivity (Wildman–Crippen MR) is 124 cm³/mol. The molecule has 2 heteroatoms. The van der Waals surface area contributed by atoms with Crippen molar-refractivity contribution >= 4 is 5.70 Å². The molecule has 0 aliphatic heterocycles. The molecule has 1 aliphatic carbocycles. The van der Waals surface area contributed by atoms with Gasteiger partial charge in [0.2, 0.25) is 0 Å². The van der Waals surface area contributed by atoms with Gasteiger partial charge in [0.1, 0.15) is 23.8 Å². The van der Waals surface area contributed by atoms with Gasteiger partial charge in [0, 0.05) is 17.0 Å². The highest BCUT2D eigenvalue weighted by Gasteiger charge is 2.30. The third-order valence-electron chi connectivity index (χ3n) is 6.28. The van der Waals surface area contributed by atoms with E-state index >= 15 is 0 Å². The molecule has 1 aromatic heterocycles. The lowest BCUT2D eigenvalue weighted by Crippen LogP contribution is -2.32. The van der Waals surface area contributed by atoms with E-state index in [1.165, 1.54) is 28.1 Å². The molecular formula is C27H39N2+. The van der Waals surface area contributed by atoms with Gasteiger partial charge in [-0.1, -0.05) is 85.7 Å². The Kier molecular flexibility index (Phi) is 6.51. The highest BCUT2D eigenvalue weighted by molar-refractivity contribution is 5.60. The van der Waals surface area contributed by atoms with E-state index in [0.29, 0.717) is 29.6 Å². The average molecular weight is 392 g/mol. The molecule has 2 nitrogen and oxygen atoms in total. The number of allylic oxidation sites excluding steroid dienone is 4. The van der Waals surface area contributed by atoms with Crippen LogP contribution in [-0.2, 0) is 0 Å². The molecule has 1 heterocycles. The minimum Gasteiger partial charge on any atom is -0.205 e. The van der Waals surface area contributed by atoms with Gasteiger partial charge >= 0.3 is 0 Å². The van der Waals surface area contributed by atoms with Crippen LogP contribution >= 0.6 is 0 Å². The Morgan fingerprint density at radius 3 is 2.03 bits per heavy atom.